The van der Waals surface area contributed by atoms with Gasteiger partial charge in [-0.25, -0.2) is 18.1 Å². The van der Waals surface area contributed by atoms with Gasteiger partial charge in [-0.15, -0.1) is 22.7 Å². The Morgan fingerprint density at radius 1 is 1.40 bits per heavy atom. The fraction of sp³-hybridized carbons (Fsp3) is 0.417. The Labute approximate surface area is 126 Å². The molecule has 2 rings (SSSR count). The Balaban J connectivity index is 2.22. The summed E-state index contributed by atoms with van der Waals surface area (Å²) in [6, 6.07) is 1.32. The largest absolute Gasteiger partial charge is 0.326 e. The monoisotopic (exact) mass is 331 g/mol. The number of nitrogens with one attached hydrogen (secondary N) is 1. The minimum atomic E-state index is -3.53. The van der Waals surface area contributed by atoms with Gasteiger partial charge in [0.1, 0.15) is 9.22 Å². The number of hydrogen-bond acceptors (Lipinski definition) is 6. The van der Waals surface area contributed by atoms with Crippen molar-refractivity contribution in [2.75, 3.05) is 0 Å². The van der Waals surface area contributed by atoms with Gasteiger partial charge < -0.3 is 5.73 Å². The van der Waals surface area contributed by atoms with Crippen molar-refractivity contribution in [3.8, 4) is 0 Å². The van der Waals surface area contributed by atoms with E-state index in [0.29, 0.717) is 10.8 Å². The summed E-state index contributed by atoms with van der Waals surface area (Å²) in [7, 11) is -3.53. The van der Waals surface area contributed by atoms with Crippen LogP contribution in [0.25, 0.3) is 0 Å². The van der Waals surface area contributed by atoms with Crippen molar-refractivity contribution in [1.82, 2.24) is 9.71 Å². The number of aryl methyl sites for hydroxylation is 2. The molecule has 0 aliphatic heterocycles. The summed E-state index contributed by atoms with van der Waals surface area (Å²) < 4.78 is 27.6. The molecule has 2 aromatic heterocycles. The average Bonchev–Trinajstić information content (AvgIpc) is 2.95. The quantitative estimate of drug-likeness (QED) is 0.880. The first-order chi connectivity index (χ1) is 9.33. The van der Waals surface area contributed by atoms with Crippen LogP contribution in [0.1, 0.15) is 33.3 Å². The molecule has 0 saturated heterocycles. The molecule has 2 heterocycles. The van der Waals surface area contributed by atoms with Crippen molar-refractivity contribution in [1.29, 1.82) is 0 Å². The third-order valence-corrected chi connectivity index (χ3v) is 7.16. The maximum absolute atomic E-state index is 12.3. The molecule has 110 valence electrons. The van der Waals surface area contributed by atoms with Crippen LogP contribution in [-0.2, 0) is 16.6 Å². The van der Waals surface area contributed by atoms with E-state index >= 15 is 0 Å². The second-order valence-corrected chi connectivity index (χ2v) is 8.87. The van der Waals surface area contributed by atoms with E-state index in [2.05, 4.69) is 9.71 Å². The minimum absolute atomic E-state index is 0.301. The van der Waals surface area contributed by atoms with Gasteiger partial charge in [-0.3, -0.25) is 0 Å². The van der Waals surface area contributed by atoms with E-state index in [1.54, 1.807) is 19.2 Å². The standard InChI is InChI=1S/C12H17N3O2S3/c1-7-4-11(19-10(7)5-13)20(16,17)15-9(3)12-14-6-8(2)18-12/h4,6,9,15H,5,13H2,1-3H3. The summed E-state index contributed by atoms with van der Waals surface area (Å²) in [5, 5.41) is 0.762. The number of aromatic nitrogens is 1. The third kappa shape index (κ3) is 3.26. The lowest BCUT2D eigenvalue weighted by Crippen LogP contribution is -2.26. The molecule has 5 nitrogen and oxygen atoms in total. The normalized spacial score (nSPS) is 13.6. The molecule has 3 N–H and O–H groups in total. The second kappa shape index (κ2) is 5.90. The first-order valence-corrected chi connectivity index (χ1v) is 9.19. The molecule has 2 aromatic rings. The molecule has 0 aliphatic carbocycles. The van der Waals surface area contributed by atoms with Crippen LogP contribution in [0.3, 0.4) is 0 Å². The summed E-state index contributed by atoms with van der Waals surface area (Å²) in [6.07, 6.45) is 1.74. The van der Waals surface area contributed by atoms with Crippen molar-refractivity contribution in [3.05, 3.63) is 32.6 Å². The van der Waals surface area contributed by atoms with E-state index in [4.69, 9.17) is 5.73 Å². The fourth-order valence-electron chi connectivity index (χ4n) is 1.74. The molecule has 1 unspecified atom stereocenters. The van der Waals surface area contributed by atoms with Crippen molar-refractivity contribution in [3.63, 3.8) is 0 Å². The predicted molar refractivity (Wildman–Crippen MR) is 82.5 cm³/mol. The van der Waals surface area contributed by atoms with Crippen molar-refractivity contribution in [2.45, 2.75) is 37.6 Å². The van der Waals surface area contributed by atoms with Crippen LogP contribution in [0.2, 0.25) is 0 Å². The number of thiazole rings is 1. The molecule has 0 aromatic carbocycles. The Bertz CT molecular complexity index is 703. The van der Waals surface area contributed by atoms with E-state index in [0.717, 1.165) is 20.3 Å². The number of thiophene rings is 1. The molecule has 0 fully saturated rings. The van der Waals surface area contributed by atoms with Crippen LogP contribution in [0.4, 0.5) is 0 Å². The van der Waals surface area contributed by atoms with Crippen LogP contribution in [-0.4, -0.2) is 13.4 Å². The molecule has 0 amide bonds. The Kier molecular flexibility index (Phi) is 4.60. The van der Waals surface area contributed by atoms with Crippen molar-refractivity contribution in [2.24, 2.45) is 5.73 Å². The molecular formula is C12H17N3O2S3. The van der Waals surface area contributed by atoms with E-state index in [9.17, 15) is 8.42 Å². The predicted octanol–water partition coefficient (Wildman–Crippen LogP) is 2.32. The molecule has 0 aliphatic rings. The fourth-order valence-corrected chi connectivity index (χ4v) is 5.28. The van der Waals surface area contributed by atoms with Gasteiger partial charge in [0.05, 0.1) is 6.04 Å². The maximum Gasteiger partial charge on any atom is 0.250 e. The maximum atomic E-state index is 12.3. The highest BCUT2D eigenvalue weighted by molar-refractivity contribution is 7.91. The van der Waals surface area contributed by atoms with Crippen molar-refractivity contribution < 1.29 is 8.42 Å². The molecular weight excluding hydrogens is 314 g/mol. The number of nitrogens with two attached hydrogens (primary N) is 1. The minimum Gasteiger partial charge on any atom is -0.326 e. The van der Waals surface area contributed by atoms with Gasteiger partial charge in [-0.05, 0) is 32.4 Å². The summed E-state index contributed by atoms with van der Waals surface area (Å²) in [5.41, 5.74) is 6.50. The van der Waals surface area contributed by atoms with Crippen molar-refractivity contribution >= 4 is 32.7 Å². The Morgan fingerprint density at radius 3 is 2.60 bits per heavy atom. The van der Waals surface area contributed by atoms with Gasteiger partial charge in [0.15, 0.2) is 0 Å². The summed E-state index contributed by atoms with van der Waals surface area (Å²) in [6.45, 7) is 5.96. The van der Waals surface area contributed by atoms with Crippen LogP contribution in [0.5, 0.6) is 0 Å². The first kappa shape index (κ1) is 15.6. The zero-order chi connectivity index (χ0) is 14.9. The van der Waals surface area contributed by atoms with Crippen LogP contribution in [0.15, 0.2) is 16.5 Å². The van der Waals surface area contributed by atoms with Gasteiger partial charge in [-0.2, -0.15) is 0 Å². The summed E-state index contributed by atoms with van der Waals surface area (Å²) in [4.78, 5) is 6.16. The van der Waals surface area contributed by atoms with E-state index in [1.807, 2.05) is 13.8 Å². The van der Waals surface area contributed by atoms with Gasteiger partial charge in [0.2, 0.25) is 0 Å². The highest BCUT2D eigenvalue weighted by Gasteiger charge is 2.22. The van der Waals surface area contributed by atoms with Gasteiger partial charge >= 0.3 is 0 Å². The van der Waals surface area contributed by atoms with E-state index in [-0.39, 0.29) is 6.04 Å². The van der Waals surface area contributed by atoms with Gasteiger partial charge in [0, 0.05) is 22.5 Å². The lowest BCUT2D eigenvalue weighted by atomic mass is 10.3. The zero-order valence-electron chi connectivity index (χ0n) is 11.5. The van der Waals surface area contributed by atoms with Crippen LogP contribution in [0, 0.1) is 13.8 Å². The third-order valence-electron chi connectivity index (χ3n) is 2.79. The topological polar surface area (TPSA) is 85.1 Å². The zero-order valence-corrected chi connectivity index (χ0v) is 14.0. The smallest absolute Gasteiger partial charge is 0.250 e. The molecule has 1 atom stereocenters. The van der Waals surface area contributed by atoms with Gasteiger partial charge in [0.25, 0.3) is 10.0 Å². The number of rotatable bonds is 5. The summed E-state index contributed by atoms with van der Waals surface area (Å²) >= 11 is 2.71. The second-order valence-electron chi connectivity index (χ2n) is 4.53. The Morgan fingerprint density at radius 2 is 2.10 bits per heavy atom. The number of sulfonamides is 1. The number of hydrogen-bond donors (Lipinski definition) is 2. The molecule has 8 heteroatoms. The Hall–Kier alpha value is -0.800. The lowest BCUT2D eigenvalue weighted by Gasteiger charge is -2.10. The molecule has 0 saturated carbocycles. The SMILES string of the molecule is Cc1cnc(C(C)NS(=O)(=O)c2cc(C)c(CN)s2)s1. The highest BCUT2D eigenvalue weighted by Crippen LogP contribution is 2.27. The highest BCUT2D eigenvalue weighted by atomic mass is 32.2. The molecule has 0 bridgehead atoms. The average molecular weight is 331 g/mol. The molecule has 20 heavy (non-hydrogen) atoms. The summed E-state index contributed by atoms with van der Waals surface area (Å²) in [5.74, 6) is 0. The molecule has 0 spiro atoms. The van der Waals surface area contributed by atoms with E-state index in [1.165, 1.54) is 22.7 Å². The lowest BCUT2D eigenvalue weighted by molar-refractivity contribution is 0.568. The van der Waals surface area contributed by atoms with Crippen LogP contribution < -0.4 is 10.5 Å². The first-order valence-electron chi connectivity index (χ1n) is 6.07. The van der Waals surface area contributed by atoms with E-state index < -0.39 is 10.0 Å². The number of nitrogens with zero attached hydrogens (tertiary/aromatic N) is 1. The van der Waals surface area contributed by atoms with Crippen LogP contribution >= 0.6 is 22.7 Å². The molecule has 0 radical (unpaired) electrons. The van der Waals surface area contributed by atoms with Gasteiger partial charge in [-0.1, -0.05) is 0 Å².